The van der Waals surface area contributed by atoms with Gasteiger partial charge in [-0.15, -0.1) is 0 Å². The first-order valence-electron chi connectivity index (χ1n) is 6.23. The molecule has 22 heavy (non-hydrogen) atoms. The van der Waals surface area contributed by atoms with Crippen molar-refractivity contribution in [3.63, 3.8) is 0 Å². The van der Waals surface area contributed by atoms with Crippen LogP contribution in [0, 0.1) is 0 Å². The Labute approximate surface area is 124 Å². The van der Waals surface area contributed by atoms with E-state index in [4.69, 9.17) is 10.8 Å². The quantitative estimate of drug-likeness (QED) is 0.383. The lowest BCUT2D eigenvalue weighted by atomic mass is 9.87. The Balaban J connectivity index is 3.17. The largest absolute Gasteiger partial charge is 0.481 e. The molecule has 120 valence electrons. The number of ketones is 1. The molecule has 0 saturated heterocycles. The van der Waals surface area contributed by atoms with E-state index in [-0.39, 0.29) is 5.69 Å². The van der Waals surface area contributed by atoms with E-state index in [0.717, 1.165) is 6.92 Å². The molecule has 10 heteroatoms. The number of rotatable bonds is 8. The molecule has 0 aromatic carbocycles. The summed E-state index contributed by atoms with van der Waals surface area (Å²) in [6.07, 6.45) is 1.85. The molecule has 0 radical (unpaired) electrons. The average Bonchev–Trinajstić information content (AvgIpc) is 2.90. The van der Waals surface area contributed by atoms with E-state index in [9.17, 15) is 24.3 Å². The summed E-state index contributed by atoms with van der Waals surface area (Å²) in [6, 6.07) is -3.03. The molecule has 0 aliphatic heterocycles. The highest BCUT2D eigenvalue weighted by atomic mass is 16.4. The van der Waals surface area contributed by atoms with Gasteiger partial charge in [0, 0.05) is 13.1 Å². The minimum atomic E-state index is -1.60. The average molecular weight is 312 g/mol. The van der Waals surface area contributed by atoms with Gasteiger partial charge >= 0.3 is 11.9 Å². The molecule has 1 rings (SSSR count). The number of aliphatic carboxylic acids is 2. The second-order valence-electron chi connectivity index (χ2n) is 4.59. The molecule has 1 aromatic heterocycles. The van der Waals surface area contributed by atoms with Gasteiger partial charge in [0.05, 0.1) is 30.4 Å². The standard InChI is InChI=1S/C12H16N4O6/c1-5(17)16-10(12(21)22)9(7-3-14-4-15-7)11(20)6(13)2-8(18)19/h3-4,6,9-10H,2,13H2,1H3,(H,14,15)(H,16,17)(H,18,19)(H,21,22). The van der Waals surface area contributed by atoms with Gasteiger partial charge in [0.1, 0.15) is 6.04 Å². The zero-order chi connectivity index (χ0) is 16.9. The summed E-state index contributed by atoms with van der Waals surface area (Å²) in [5.74, 6) is -5.66. The predicted octanol–water partition coefficient (Wildman–Crippen LogP) is -1.55. The number of aromatic nitrogens is 2. The second-order valence-corrected chi connectivity index (χ2v) is 4.59. The third-order valence-electron chi connectivity index (χ3n) is 2.86. The number of hydrogen-bond donors (Lipinski definition) is 5. The summed E-state index contributed by atoms with van der Waals surface area (Å²) >= 11 is 0. The van der Waals surface area contributed by atoms with Crippen molar-refractivity contribution in [2.75, 3.05) is 0 Å². The van der Waals surface area contributed by atoms with Crippen molar-refractivity contribution in [1.29, 1.82) is 0 Å². The first-order chi connectivity index (χ1) is 10.2. The SMILES string of the molecule is CC(=O)NC(C(=O)O)C(C(=O)C(N)CC(=O)O)c1c[nH]cn1. The van der Waals surface area contributed by atoms with Crippen molar-refractivity contribution >= 4 is 23.6 Å². The van der Waals surface area contributed by atoms with Gasteiger partial charge in [0.25, 0.3) is 0 Å². The summed E-state index contributed by atoms with van der Waals surface area (Å²) < 4.78 is 0. The smallest absolute Gasteiger partial charge is 0.327 e. The van der Waals surface area contributed by atoms with Gasteiger partial charge in [-0.05, 0) is 0 Å². The zero-order valence-corrected chi connectivity index (χ0v) is 11.6. The number of H-pyrrole nitrogens is 1. The molecule has 0 bridgehead atoms. The molecule has 3 unspecified atom stereocenters. The van der Waals surface area contributed by atoms with E-state index < -0.39 is 48.1 Å². The lowest BCUT2D eigenvalue weighted by Gasteiger charge is -2.24. The maximum atomic E-state index is 12.3. The number of Topliss-reactive ketones (excluding diaryl/α,β-unsaturated/α-hetero) is 1. The van der Waals surface area contributed by atoms with Crippen LogP contribution in [0.5, 0.6) is 0 Å². The van der Waals surface area contributed by atoms with E-state index in [0.29, 0.717) is 0 Å². The van der Waals surface area contributed by atoms with Crippen molar-refractivity contribution in [1.82, 2.24) is 15.3 Å². The molecule has 0 spiro atoms. The maximum absolute atomic E-state index is 12.3. The van der Waals surface area contributed by atoms with Gasteiger partial charge in [-0.3, -0.25) is 14.4 Å². The van der Waals surface area contributed by atoms with E-state index in [1.165, 1.54) is 12.5 Å². The summed E-state index contributed by atoms with van der Waals surface area (Å²) in [6.45, 7) is 1.10. The Hall–Kier alpha value is -2.75. The first kappa shape index (κ1) is 17.3. The lowest BCUT2D eigenvalue weighted by molar-refractivity contribution is -0.144. The Kier molecular flexibility index (Phi) is 5.75. The van der Waals surface area contributed by atoms with Crippen LogP contribution in [-0.2, 0) is 19.2 Å². The number of nitrogens with two attached hydrogens (primary N) is 1. The molecule has 3 atom stereocenters. The highest BCUT2D eigenvalue weighted by Gasteiger charge is 2.39. The highest BCUT2D eigenvalue weighted by molar-refractivity contribution is 5.98. The van der Waals surface area contributed by atoms with Crippen LogP contribution < -0.4 is 11.1 Å². The van der Waals surface area contributed by atoms with Crippen molar-refractivity contribution in [2.45, 2.75) is 31.3 Å². The van der Waals surface area contributed by atoms with Gasteiger partial charge < -0.3 is 26.2 Å². The normalized spacial score (nSPS) is 14.6. The summed E-state index contributed by atoms with van der Waals surface area (Å²) in [5.41, 5.74) is 5.57. The zero-order valence-electron chi connectivity index (χ0n) is 11.6. The van der Waals surface area contributed by atoms with Crippen LogP contribution >= 0.6 is 0 Å². The van der Waals surface area contributed by atoms with Crippen LogP contribution in [0.4, 0.5) is 0 Å². The highest BCUT2D eigenvalue weighted by Crippen LogP contribution is 2.21. The number of carboxylic acids is 2. The fraction of sp³-hybridized carbons (Fsp3) is 0.417. The van der Waals surface area contributed by atoms with E-state index in [1.807, 2.05) is 0 Å². The molecular formula is C12H16N4O6. The van der Waals surface area contributed by atoms with Crippen LogP contribution in [0.2, 0.25) is 0 Å². The van der Waals surface area contributed by atoms with Gasteiger partial charge in [-0.1, -0.05) is 0 Å². The molecule has 6 N–H and O–H groups in total. The van der Waals surface area contributed by atoms with Crippen molar-refractivity contribution in [3.8, 4) is 0 Å². The molecule has 1 heterocycles. The minimum Gasteiger partial charge on any atom is -0.481 e. The number of nitrogens with one attached hydrogen (secondary N) is 2. The van der Waals surface area contributed by atoms with Gasteiger partial charge in [-0.25, -0.2) is 9.78 Å². The Morgan fingerprint density at radius 3 is 2.41 bits per heavy atom. The fourth-order valence-corrected chi connectivity index (χ4v) is 1.95. The first-order valence-corrected chi connectivity index (χ1v) is 6.23. The number of hydrogen-bond acceptors (Lipinski definition) is 6. The number of carbonyl (C=O) groups is 4. The Bertz CT molecular complexity index is 570. The van der Waals surface area contributed by atoms with Gasteiger partial charge in [0.15, 0.2) is 5.78 Å². The summed E-state index contributed by atoms with van der Waals surface area (Å²) in [7, 11) is 0. The molecule has 1 amide bonds. The van der Waals surface area contributed by atoms with E-state index >= 15 is 0 Å². The van der Waals surface area contributed by atoms with Crippen molar-refractivity contribution in [2.24, 2.45) is 5.73 Å². The summed E-state index contributed by atoms with van der Waals surface area (Å²) in [5, 5.41) is 20.1. The number of aromatic amines is 1. The number of nitrogens with zero attached hydrogens (tertiary/aromatic N) is 1. The van der Waals surface area contributed by atoms with Crippen LogP contribution in [0.1, 0.15) is 25.0 Å². The molecule has 0 aliphatic carbocycles. The van der Waals surface area contributed by atoms with Crippen LogP contribution in [0.25, 0.3) is 0 Å². The van der Waals surface area contributed by atoms with Crippen LogP contribution in [0.3, 0.4) is 0 Å². The van der Waals surface area contributed by atoms with Crippen molar-refractivity contribution < 1.29 is 29.4 Å². The number of imidazole rings is 1. The van der Waals surface area contributed by atoms with Gasteiger partial charge in [0.2, 0.25) is 5.91 Å². The summed E-state index contributed by atoms with van der Waals surface area (Å²) in [4.78, 5) is 51.9. The maximum Gasteiger partial charge on any atom is 0.327 e. The monoisotopic (exact) mass is 312 g/mol. The minimum absolute atomic E-state index is 0.0481. The molecule has 0 saturated carbocycles. The van der Waals surface area contributed by atoms with Crippen LogP contribution in [-0.4, -0.2) is 55.9 Å². The molecule has 0 fully saturated rings. The van der Waals surface area contributed by atoms with E-state index in [1.54, 1.807) is 0 Å². The molecular weight excluding hydrogens is 296 g/mol. The third kappa shape index (κ3) is 4.38. The predicted molar refractivity (Wildman–Crippen MR) is 71.8 cm³/mol. The molecule has 10 nitrogen and oxygen atoms in total. The van der Waals surface area contributed by atoms with Crippen LogP contribution in [0.15, 0.2) is 12.5 Å². The second kappa shape index (κ2) is 7.31. The fourth-order valence-electron chi connectivity index (χ4n) is 1.95. The lowest BCUT2D eigenvalue weighted by Crippen LogP contribution is -2.50. The third-order valence-corrected chi connectivity index (χ3v) is 2.86. The van der Waals surface area contributed by atoms with Gasteiger partial charge in [-0.2, -0.15) is 0 Å². The number of amides is 1. The number of carbonyl (C=O) groups excluding carboxylic acids is 2. The van der Waals surface area contributed by atoms with Crippen molar-refractivity contribution in [3.05, 3.63) is 18.2 Å². The topological polar surface area (TPSA) is 175 Å². The molecule has 0 aliphatic rings. The Morgan fingerprint density at radius 2 is 2.00 bits per heavy atom. The molecule has 1 aromatic rings. The Morgan fingerprint density at radius 1 is 1.36 bits per heavy atom. The number of carboxylic acid groups (broad SMARTS) is 2. The van der Waals surface area contributed by atoms with E-state index in [2.05, 4.69) is 15.3 Å².